The van der Waals surface area contributed by atoms with Crippen LogP contribution >= 0.6 is 0 Å². The van der Waals surface area contributed by atoms with Crippen LogP contribution < -0.4 is 10.6 Å². The van der Waals surface area contributed by atoms with E-state index in [-0.39, 0.29) is 17.5 Å². The summed E-state index contributed by atoms with van der Waals surface area (Å²) in [5.74, 6) is -0.157. The van der Waals surface area contributed by atoms with Crippen molar-refractivity contribution < 1.29 is 4.79 Å². The van der Waals surface area contributed by atoms with Gasteiger partial charge in [-0.2, -0.15) is 5.10 Å². The van der Waals surface area contributed by atoms with Crippen LogP contribution in [0, 0.1) is 12.3 Å². The van der Waals surface area contributed by atoms with Crippen LogP contribution in [0.4, 0.5) is 0 Å². The van der Waals surface area contributed by atoms with E-state index in [4.69, 9.17) is 5.41 Å². The summed E-state index contributed by atoms with van der Waals surface area (Å²) < 4.78 is 1.63. The van der Waals surface area contributed by atoms with Gasteiger partial charge in [0.25, 0.3) is 5.91 Å². The number of hydrogen-bond donors (Lipinski definition) is 3. The zero-order valence-electron chi connectivity index (χ0n) is 16.3. The second kappa shape index (κ2) is 8.14. The number of fused-ring (bicyclic) bond motifs is 1. The first-order chi connectivity index (χ1) is 12.9. The molecule has 8 heteroatoms. The molecule has 3 N–H and O–H groups in total. The molecule has 8 nitrogen and oxygen atoms in total. The summed E-state index contributed by atoms with van der Waals surface area (Å²) in [6.07, 6.45) is 7.07. The van der Waals surface area contributed by atoms with E-state index in [1.165, 1.54) is 0 Å². The summed E-state index contributed by atoms with van der Waals surface area (Å²) in [7, 11) is 0. The fraction of sp³-hybridized carbons (Fsp3) is 0.579. The molecule has 3 heterocycles. The number of carbonyl (C=O) groups is 1. The maximum Gasteiger partial charge on any atom is 0.254 e. The van der Waals surface area contributed by atoms with E-state index in [1.54, 1.807) is 23.1 Å². The molecule has 2 aromatic heterocycles. The number of amides is 1. The summed E-state index contributed by atoms with van der Waals surface area (Å²) >= 11 is 0. The quantitative estimate of drug-likeness (QED) is 0.607. The van der Waals surface area contributed by atoms with E-state index in [2.05, 4.69) is 39.5 Å². The lowest BCUT2D eigenvalue weighted by atomic mass is 10.1. The van der Waals surface area contributed by atoms with Crippen molar-refractivity contribution in [3.8, 4) is 0 Å². The van der Waals surface area contributed by atoms with Crippen LogP contribution in [0.1, 0.15) is 42.7 Å². The van der Waals surface area contributed by atoms with E-state index < -0.39 is 0 Å². The summed E-state index contributed by atoms with van der Waals surface area (Å²) in [4.78, 5) is 19.1. The highest BCUT2D eigenvalue weighted by Gasteiger charge is 2.23. The van der Waals surface area contributed by atoms with Crippen LogP contribution in [0.15, 0.2) is 18.5 Å². The van der Waals surface area contributed by atoms with Crippen LogP contribution in [0.3, 0.4) is 0 Å². The Morgan fingerprint density at radius 1 is 1.48 bits per heavy atom. The maximum absolute atomic E-state index is 12.5. The maximum atomic E-state index is 12.5. The first kappa shape index (κ1) is 19.4. The third kappa shape index (κ3) is 4.90. The van der Waals surface area contributed by atoms with Gasteiger partial charge >= 0.3 is 0 Å². The number of aromatic nitrogens is 3. The topological polar surface area (TPSA) is 98.4 Å². The lowest BCUT2D eigenvalue weighted by Crippen LogP contribution is -2.51. The second-order valence-corrected chi connectivity index (χ2v) is 7.84. The number of hydrogen-bond acceptors (Lipinski definition) is 6. The molecule has 0 saturated carbocycles. The third-order valence-corrected chi connectivity index (χ3v) is 5.00. The predicted molar refractivity (Wildman–Crippen MR) is 106 cm³/mol. The molecule has 1 aliphatic rings. The third-order valence-electron chi connectivity index (χ3n) is 5.00. The molecule has 0 bridgehead atoms. The van der Waals surface area contributed by atoms with Gasteiger partial charge in [0.15, 0.2) is 5.65 Å². The molecule has 146 valence electrons. The van der Waals surface area contributed by atoms with Gasteiger partial charge in [0.2, 0.25) is 0 Å². The highest BCUT2D eigenvalue weighted by atomic mass is 16.1. The fourth-order valence-electron chi connectivity index (χ4n) is 3.43. The SMILES string of the molecule is Cc1cc2ncc(C(=O)NCC(C)(C)NCCN3CCCC3C=N)cn2n1. The average molecular weight is 371 g/mol. The van der Waals surface area contributed by atoms with E-state index in [0.29, 0.717) is 12.1 Å². The minimum absolute atomic E-state index is 0.157. The Hall–Kier alpha value is -2.32. The minimum atomic E-state index is -0.227. The number of carbonyl (C=O) groups excluding carboxylic acids is 1. The number of nitrogens with one attached hydrogen (secondary N) is 3. The highest BCUT2D eigenvalue weighted by molar-refractivity contribution is 5.93. The monoisotopic (exact) mass is 371 g/mol. The van der Waals surface area contributed by atoms with Crippen LogP contribution in [0.5, 0.6) is 0 Å². The molecule has 1 saturated heterocycles. The average Bonchev–Trinajstić information content (AvgIpc) is 3.23. The normalized spacial score (nSPS) is 18.1. The smallest absolute Gasteiger partial charge is 0.254 e. The number of likely N-dealkylation sites (tertiary alicyclic amines) is 1. The molecule has 1 atom stereocenters. The second-order valence-electron chi connectivity index (χ2n) is 7.84. The van der Waals surface area contributed by atoms with Gasteiger partial charge in [0, 0.05) is 55.9 Å². The lowest BCUT2D eigenvalue weighted by Gasteiger charge is -2.29. The van der Waals surface area contributed by atoms with Crippen molar-refractivity contribution in [3.05, 3.63) is 29.7 Å². The summed E-state index contributed by atoms with van der Waals surface area (Å²) in [6, 6.07) is 2.15. The molecule has 0 aromatic carbocycles. The van der Waals surface area contributed by atoms with Crippen LogP contribution in [0.25, 0.3) is 5.65 Å². The van der Waals surface area contributed by atoms with Gasteiger partial charge in [-0.3, -0.25) is 9.69 Å². The Morgan fingerprint density at radius 3 is 3.07 bits per heavy atom. The Kier molecular flexibility index (Phi) is 5.86. The van der Waals surface area contributed by atoms with E-state index in [9.17, 15) is 4.79 Å². The molecular formula is C19H29N7O. The Bertz CT molecular complexity index is 813. The first-order valence-corrected chi connectivity index (χ1v) is 9.48. The molecule has 3 rings (SSSR count). The molecular weight excluding hydrogens is 342 g/mol. The molecule has 1 aliphatic heterocycles. The van der Waals surface area contributed by atoms with Crippen molar-refractivity contribution in [2.24, 2.45) is 0 Å². The van der Waals surface area contributed by atoms with E-state index in [1.807, 2.05) is 13.0 Å². The number of rotatable bonds is 8. The van der Waals surface area contributed by atoms with Gasteiger partial charge in [0.05, 0.1) is 11.3 Å². The van der Waals surface area contributed by atoms with Crippen molar-refractivity contribution in [3.63, 3.8) is 0 Å². The van der Waals surface area contributed by atoms with Crippen molar-refractivity contribution >= 4 is 17.8 Å². The highest BCUT2D eigenvalue weighted by Crippen LogP contribution is 2.14. The molecule has 1 amide bonds. The van der Waals surface area contributed by atoms with E-state index in [0.717, 1.165) is 43.8 Å². The molecule has 0 radical (unpaired) electrons. The Labute approximate surface area is 159 Å². The summed E-state index contributed by atoms with van der Waals surface area (Å²) in [5.41, 5.74) is 1.87. The number of nitrogens with zero attached hydrogens (tertiary/aromatic N) is 4. The fourth-order valence-corrected chi connectivity index (χ4v) is 3.43. The standard InChI is InChI=1S/C19H29N7O/c1-14-9-17-21-11-15(12-26(17)24-14)18(27)22-13-19(2,3)23-6-8-25-7-4-5-16(25)10-20/h9-12,16,20,23H,4-8,13H2,1-3H3,(H,22,27). The van der Waals surface area contributed by atoms with Crippen molar-refractivity contribution in [1.82, 2.24) is 30.1 Å². The molecule has 1 fully saturated rings. The number of aryl methyl sites for hydroxylation is 1. The Morgan fingerprint density at radius 2 is 2.30 bits per heavy atom. The zero-order valence-corrected chi connectivity index (χ0v) is 16.3. The summed E-state index contributed by atoms with van der Waals surface area (Å²) in [6.45, 7) is 9.35. The van der Waals surface area contributed by atoms with Crippen LogP contribution in [0.2, 0.25) is 0 Å². The van der Waals surface area contributed by atoms with Gasteiger partial charge in [-0.25, -0.2) is 9.50 Å². The lowest BCUT2D eigenvalue weighted by molar-refractivity contribution is 0.0941. The van der Waals surface area contributed by atoms with Crippen LogP contribution in [-0.4, -0.2) is 69.4 Å². The van der Waals surface area contributed by atoms with Gasteiger partial charge in [-0.15, -0.1) is 0 Å². The zero-order chi connectivity index (χ0) is 19.4. The van der Waals surface area contributed by atoms with Crippen LogP contribution in [-0.2, 0) is 0 Å². The van der Waals surface area contributed by atoms with Gasteiger partial charge in [-0.1, -0.05) is 0 Å². The first-order valence-electron chi connectivity index (χ1n) is 9.48. The van der Waals surface area contributed by atoms with Crippen molar-refractivity contribution in [2.45, 2.75) is 45.2 Å². The van der Waals surface area contributed by atoms with Gasteiger partial charge in [0.1, 0.15) is 0 Å². The van der Waals surface area contributed by atoms with Crippen molar-refractivity contribution in [1.29, 1.82) is 5.41 Å². The summed E-state index contributed by atoms with van der Waals surface area (Å²) in [5, 5.41) is 18.3. The Balaban J connectivity index is 1.48. The molecule has 27 heavy (non-hydrogen) atoms. The van der Waals surface area contributed by atoms with Gasteiger partial charge in [-0.05, 0) is 40.2 Å². The molecule has 0 aliphatic carbocycles. The minimum Gasteiger partial charge on any atom is -0.350 e. The van der Waals surface area contributed by atoms with Crippen molar-refractivity contribution in [2.75, 3.05) is 26.2 Å². The van der Waals surface area contributed by atoms with E-state index >= 15 is 0 Å². The van der Waals surface area contributed by atoms with Gasteiger partial charge < -0.3 is 16.0 Å². The molecule has 0 spiro atoms. The predicted octanol–water partition coefficient (Wildman–Crippen LogP) is 1.25. The molecule has 1 unspecified atom stereocenters. The largest absolute Gasteiger partial charge is 0.350 e. The molecule has 2 aromatic rings.